The topological polar surface area (TPSA) is 30.2 Å². The molecule has 0 spiro atoms. The molecule has 0 radical (unpaired) electrons. The number of carbonyl (C=O) groups is 1. The van der Waals surface area contributed by atoms with Gasteiger partial charge in [0, 0.05) is 5.39 Å². The maximum absolute atomic E-state index is 13.1. The molecule has 0 aliphatic carbocycles. The fourth-order valence-corrected chi connectivity index (χ4v) is 1.26. The van der Waals surface area contributed by atoms with Gasteiger partial charge in [0.25, 0.3) is 5.78 Å². The number of alkyl halides is 2. The molecule has 0 fully saturated rings. The van der Waals surface area contributed by atoms with Crippen LogP contribution in [-0.2, 0) is 0 Å². The smallest absolute Gasteiger partial charge is 0.303 e. The lowest BCUT2D eigenvalue weighted by molar-refractivity contribution is 0.0651. The van der Waals surface area contributed by atoms with Gasteiger partial charge in [-0.1, -0.05) is 12.1 Å². The first kappa shape index (κ1) is 9.76. The number of furan rings is 1. The van der Waals surface area contributed by atoms with Crippen LogP contribution >= 0.6 is 0 Å². The van der Waals surface area contributed by atoms with Crippen molar-refractivity contribution < 1.29 is 22.4 Å². The van der Waals surface area contributed by atoms with Crippen LogP contribution in [0.4, 0.5) is 13.2 Å². The maximum Gasteiger partial charge on any atom is 0.303 e. The number of rotatable bonds is 2. The predicted octanol–water partition coefficient (Wildman–Crippen LogP) is 3.02. The minimum Gasteiger partial charge on any atom is -0.450 e. The average molecular weight is 214 g/mol. The van der Waals surface area contributed by atoms with Gasteiger partial charge in [-0.3, -0.25) is 4.79 Å². The maximum atomic E-state index is 13.1. The summed E-state index contributed by atoms with van der Waals surface area (Å²) in [5.41, 5.74) is -0.179. The quantitative estimate of drug-likeness (QED) is 0.719. The van der Waals surface area contributed by atoms with Crippen molar-refractivity contribution in [2.24, 2.45) is 0 Å². The minimum absolute atomic E-state index is 0.179. The van der Waals surface area contributed by atoms with Crippen molar-refractivity contribution in [3.63, 3.8) is 0 Å². The number of hydrogen-bond donors (Lipinski definition) is 0. The molecule has 1 aromatic carbocycles. The average Bonchev–Trinajstić information content (AvgIpc) is 2.61. The molecule has 0 saturated heterocycles. The highest BCUT2D eigenvalue weighted by Crippen LogP contribution is 2.23. The molecule has 1 aromatic heterocycles. The molecule has 78 valence electrons. The first-order valence-electron chi connectivity index (χ1n) is 4.10. The van der Waals surface area contributed by atoms with Crippen LogP contribution in [0.25, 0.3) is 11.0 Å². The molecule has 2 rings (SSSR count). The fraction of sp³-hybridized carbons (Fsp3) is 0.100. The van der Waals surface area contributed by atoms with Crippen LogP contribution in [0, 0.1) is 5.82 Å². The zero-order valence-corrected chi connectivity index (χ0v) is 7.34. The first-order valence-corrected chi connectivity index (χ1v) is 4.10. The molecule has 5 heteroatoms. The van der Waals surface area contributed by atoms with Crippen LogP contribution in [0.15, 0.2) is 28.7 Å². The molecule has 2 nitrogen and oxygen atoms in total. The Hall–Kier alpha value is -1.78. The van der Waals surface area contributed by atoms with Gasteiger partial charge in [-0.15, -0.1) is 0 Å². The lowest BCUT2D eigenvalue weighted by Gasteiger charge is -1.92. The largest absolute Gasteiger partial charge is 0.450 e. The normalized spacial score (nSPS) is 11.2. The first-order chi connectivity index (χ1) is 7.09. The molecule has 0 amide bonds. The third-order valence-electron chi connectivity index (χ3n) is 1.94. The summed E-state index contributed by atoms with van der Waals surface area (Å²) in [7, 11) is 0. The number of hydrogen-bond acceptors (Lipinski definition) is 2. The molecule has 0 aliphatic rings. The van der Waals surface area contributed by atoms with E-state index < -0.39 is 23.8 Å². The van der Waals surface area contributed by atoms with E-state index in [9.17, 15) is 18.0 Å². The summed E-state index contributed by atoms with van der Waals surface area (Å²) in [6.45, 7) is 0. The van der Waals surface area contributed by atoms with Gasteiger partial charge >= 0.3 is 6.43 Å². The summed E-state index contributed by atoms with van der Waals surface area (Å²) in [6.07, 6.45) is -3.14. The lowest BCUT2D eigenvalue weighted by Crippen LogP contribution is -2.08. The Morgan fingerprint density at radius 1 is 1.33 bits per heavy atom. The highest BCUT2D eigenvalue weighted by molar-refractivity contribution is 5.99. The summed E-state index contributed by atoms with van der Waals surface area (Å²) in [4.78, 5) is 10.9. The molecule has 0 N–H and O–H groups in total. The Morgan fingerprint density at radius 2 is 2.07 bits per heavy atom. The van der Waals surface area contributed by atoms with Crippen molar-refractivity contribution in [2.75, 3.05) is 0 Å². The molecule has 2 aromatic rings. The molecule has 0 aliphatic heterocycles. The molecule has 0 bridgehead atoms. The van der Waals surface area contributed by atoms with Gasteiger partial charge in [-0.05, 0) is 12.1 Å². The van der Waals surface area contributed by atoms with Gasteiger partial charge < -0.3 is 4.42 Å². The molecule has 1 heterocycles. The van der Waals surface area contributed by atoms with Crippen molar-refractivity contribution in [3.05, 3.63) is 35.8 Å². The van der Waals surface area contributed by atoms with E-state index in [1.165, 1.54) is 12.1 Å². The highest BCUT2D eigenvalue weighted by atomic mass is 19.3. The monoisotopic (exact) mass is 214 g/mol. The van der Waals surface area contributed by atoms with Crippen LogP contribution in [0.1, 0.15) is 10.6 Å². The van der Waals surface area contributed by atoms with Crippen LogP contribution in [0.2, 0.25) is 0 Å². The number of Topliss-reactive ketones (excluding diaryl/α,β-unsaturated/α-hetero) is 1. The Kier molecular flexibility index (Phi) is 2.22. The van der Waals surface area contributed by atoms with Crippen molar-refractivity contribution >= 4 is 16.8 Å². The molecule has 0 saturated carbocycles. The second kappa shape index (κ2) is 3.42. The fourth-order valence-electron chi connectivity index (χ4n) is 1.26. The third-order valence-corrected chi connectivity index (χ3v) is 1.94. The Bertz CT molecular complexity index is 516. The van der Waals surface area contributed by atoms with E-state index in [-0.39, 0.29) is 5.58 Å². The van der Waals surface area contributed by atoms with Gasteiger partial charge in [0.1, 0.15) is 0 Å². The lowest BCUT2D eigenvalue weighted by atomic mass is 10.2. The Balaban J connectivity index is 2.57. The van der Waals surface area contributed by atoms with Crippen molar-refractivity contribution in [1.82, 2.24) is 0 Å². The molecule has 0 unspecified atom stereocenters. The van der Waals surface area contributed by atoms with Crippen molar-refractivity contribution in [1.29, 1.82) is 0 Å². The van der Waals surface area contributed by atoms with Crippen LogP contribution < -0.4 is 0 Å². The van der Waals surface area contributed by atoms with E-state index >= 15 is 0 Å². The second-order valence-corrected chi connectivity index (χ2v) is 2.93. The number of halogens is 3. The van der Waals surface area contributed by atoms with E-state index in [4.69, 9.17) is 4.42 Å². The Morgan fingerprint density at radius 3 is 2.67 bits per heavy atom. The van der Waals surface area contributed by atoms with Crippen molar-refractivity contribution in [2.45, 2.75) is 6.43 Å². The van der Waals surface area contributed by atoms with Gasteiger partial charge in [0.2, 0.25) is 0 Å². The second-order valence-electron chi connectivity index (χ2n) is 2.93. The molecular weight excluding hydrogens is 209 g/mol. The van der Waals surface area contributed by atoms with E-state index in [0.717, 1.165) is 12.1 Å². The molecular formula is C10H5F3O2. The zero-order valence-electron chi connectivity index (χ0n) is 7.34. The van der Waals surface area contributed by atoms with Gasteiger partial charge in [-0.2, -0.15) is 0 Å². The summed E-state index contributed by atoms with van der Waals surface area (Å²) in [5, 5.41) is 0.291. The number of benzene rings is 1. The summed E-state index contributed by atoms with van der Waals surface area (Å²) < 4.78 is 41.9. The number of ketones is 1. The van der Waals surface area contributed by atoms with E-state index in [2.05, 4.69) is 0 Å². The Labute approximate surface area is 82.3 Å². The summed E-state index contributed by atoms with van der Waals surface area (Å²) >= 11 is 0. The zero-order chi connectivity index (χ0) is 11.0. The van der Waals surface area contributed by atoms with Gasteiger partial charge in [0.15, 0.2) is 17.2 Å². The van der Waals surface area contributed by atoms with Gasteiger partial charge in [-0.25, -0.2) is 13.2 Å². The van der Waals surface area contributed by atoms with Crippen molar-refractivity contribution in [3.8, 4) is 0 Å². The molecule has 0 atom stereocenters. The predicted molar refractivity (Wildman–Crippen MR) is 46.5 cm³/mol. The number of para-hydroxylation sites is 1. The number of carbonyl (C=O) groups excluding carboxylic acids is 1. The van der Waals surface area contributed by atoms with Crippen LogP contribution in [0.5, 0.6) is 0 Å². The van der Waals surface area contributed by atoms with Gasteiger partial charge in [0.05, 0.1) is 0 Å². The number of fused-ring (bicyclic) bond motifs is 1. The highest BCUT2D eigenvalue weighted by Gasteiger charge is 2.22. The molecule has 15 heavy (non-hydrogen) atoms. The summed E-state index contributed by atoms with van der Waals surface area (Å²) in [5.74, 6) is -2.64. The van der Waals surface area contributed by atoms with Crippen LogP contribution in [0.3, 0.4) is 0 Å². The summed E-state index contributed by atoms with van der Waals surface area (Å²) in [6, 6.07) is 5.11. The van der Waals surface area contributed by atoms with E-state index in [1.54, 1.807) is 0 Å². The third kappa shape index (κ3) is 1.60. The minimum atomic E-state index is -3.14. The SMILES string of the molecule is O=C(c1cc2cccc(F)c2o1)C(F)F. The van der Waals surface area contributed by atoms with E-state index in [0.29, 0.717) is 5.39 Å². The van der Waals surface area contributed by atoms with E-state index in [1.807, 2.05) is 0 Å². The standard InChI is InChI=1S/C10H5F3O2/c11-6-3-1-2-5-4-7(15-9(5)6)8(14)10(12)13/h1-4,10H. The van der Waals surface area contributed by atoms with Crippen LogP contribution in [-0.4, -0.2) is 12.2 Å².